The van der Waals surface area contributed by atoms with Crippen molar-refractivity contribution in [3.05, 3.63) is 12.2 Å². The standard InChI is InChI=1S/C19H37NO3/c1-14(2)11-16(13-21)9-10-17(12-15(3)4)20(8)18(22)23-19(5,6)7/h9-10,14-17,21H,11-13H2,1-8H3/b10-9+/t16-,17+/m0/s1. The van der Waals surface area contributed by atoms with Crippen molar-refractivity contribution in [1.29, 1.82) is 0 Å². The van der Waals surface area contributed by atoms with Crippen LogP contribution in [0.4, 0.5) is 4.79 Å². The lowest BCUT2D eigenvalue weighted by atomic mass is 9.95. The van der Waals surface area contributed by atoms with Crippen molar-refractivity contribution in [3.63, 3.8) is 0 Å². The van der Waals surface area contributed by atoms with Crippen LogP contribution in [-0.4, -0.2) is 41.4 Å². The molecule has 0 unspecified atom stereocenters. The van der Waals surface area contributed by atoms with E-state index in [0.29, 0.717) is 11.8 Å². The Bertz CT molecular complexity index is 369. The van der Waals surface area contributed by atoms with Crippen LogP contribution in [0, 0.1) is 17.8 Å². The van der Waals surface area contributed by atoms with Crippen molar-refractivity contribution >= 4 is 6.09 Å². The fourth-order valence-electron chi connectivity index (χ4n) is 2.42. The van der Waals surface area contributed by atoms with E-state index in [9.17, 15) is 9.90 Å². The zero-order chi connectivity index (χ0) is 18.2. The molecule has 23 heavy (non-hydrogen) atoms. The Kier molecular flexibility index (Phi) is 9.52. The van der Waals surface area contributed by atoms with E-state index in [1.54, 1.807) is 11.9 Å². The number of carbonyl (C=O) groups is 1. The fraction of sp³-hybridized carbons (Fsp3) is 0.842. The zero-order valence-electron chi connectivity index (χ0n) is 16.3. The van der Waals surface area contributed by atoms with Gasteiger partial charge in [-0.3, -0.25) is 0 Å². The minimum Gasteiger partial charge on any atom is -0.444 e. The summed E-state index contributed by atoms with van der Waals surface area (Å²) in [6, 6.07) is -0.0222. The van der Waals surface area contributed by atoms with Crippen LogP contribution < -0.4 is 0 Å². The number of rotatable bonds is 8. The minimum atomic E-state index is -0.497. The third kappa shape index (κ3) is 10.4. The topological polar surface area (TPSA) is 49.8 Å². The van der Waals surface area contributed by atoms with Gasteiger partial charge in [0.1, 0.15) is 5.60 Å². The first-order valence-electron chi connectivity index (χ1n) is 8.71. The summed E-state index contributed by atoms with van der Waals surface area (Å²) in [4.78, 5) is 14.0. The number of aliphatic hydroxyl groups excluding tert-OH is 1. The number of likely N-dealkylation sites (N-methyl/N-ethyl adjacent to an activating group) is 1. The number of aliphatic hydroxyl groups is 1. The smallest absolute Gasteiger partial charge is 0.410 e. The summed E-state index contributed by atoms with van der Waals surface area (Å²) in [6.07, 6.45) is 5.60. The van der Waals surface area contributed by atoms with Gasteiger partial charge in [0, 0.05) is 19.6 Å². The molecule has 0 aromatic rings. The molecule has 0 aromatic carbocycles. The normalized spacial score (nSPS) is 15.3. The number of hydrogen-bond acceptors (Lipinski definition) is 3. The maximum atomic E-state index is 12.3. The van der Waals surface area contributed by atoms with Crippen LogP contribution >= 0.6 is 0 Å². The molecule has 0 aliphatic carbocycles. The van der Waals surface area contributed by atoms with Gasteiger partial charge in [-0.1, -0.05) is 39.8 Å². The summed E-state index contributed by atoms with van der Waals surface area (Å²) >= 11 is 0. The molecular formula is C19H37NO3. The molecule has 2 atom stereocenters. The molecule has 0 saturated heterocycles. The Morgan fingerprint density at radius 1 is 1.09 bits per heavy atom. The van der Waals surface area contributed by atoms with Gasteiger partial charge in [0.25, 0.3) is 0 Å². The summed E-state index contributed by atoms with van der Waals surface area (Å²) in [5, 5.41) is 9.51. The lowest BCUT2D eigenvalue weighted by Crippen LogP contribution is -2.40. The highest BCUT2D eigenvalue weighted by molar-refractivity contribution is 5.68. The van der Waals surface area contributed by atoms with Gasteiger partial charge in [-0.15, -0.1) is 0 Å². The van der Waals surface area contributed by atoms with E-state index in [4.69, 9.17) is 4.74 Å². The van der Waals surface area contributed by atoms with Gasteiger partial charge in [-0.2, -0.15) is 0 Å². The fourth-order valence-corrected chi connectivity index (χ4v) is 2.42. The number of carbonyl (C=O) groups excluding carboxylic acids is 1. The van der Waals surface area contributed by atoms with Crippen molar-refractivity contribution < 1.29 is 14.6 Å². The van der Waals surface area contributed by atoms with Crippen molar-refractivity contribution in [2.75, 3.05) is 13.7 Å². The van der Waals surface area contributed by atoms with Crippen molar-refractivity contribution in [2.45, 2.75) is 73.0 Å². The lowest BCUT2D eigenvalue weighted by molar-refractivity contribution is 0.0242. The average molecular weight is 328 g/mol. The number of ether oxygens (including phenoxy) is 1. The van der Waals surface area contributed by atoms with E-state index in [1.807, 2.05) is 32.9 Å². The molecule has 0 bridgehead atoms. The van der Waals surface area contributed by atoms with E-state index in [1.165, 1.54) is 0 Å². The van der Waals surface area contributed by atoms with Crippen LogP contribution in [0.5, 0.6) is 0 Å². The molecular weight excluding hydrogens is 290 g/mol. The minimum absolute atomic E-state index is 0.0222. The zero-order valence-corrected chi connectivity index (χ0v) is 16.3. The molecule has 0 rings (SSSR count). The van der Waals surface area contributed by atoms with Crippen LogP contribution in [0.2, 0.25) is 0 Å². The molecule has 0 fully saturated rings. The van der Waals surface area contributed by atoms with Gasteiger partial charge >= 0.3 is 6.09 Å². The molecule has 0 aliphatic rings. The van der Waals surface area contributed by atoms with Crippen molar-refractivity contribution in [2.24, 2.45) is 17.8 Å². The largest absolute Gasteiger partial charge is 0.444 e. The molecule has 1 N–H and O–H groups in total. The van der Waals surface area contributed by atoms with Gasteiger partial charge in [-0.25, -0.2) is 4.79 Å². The van der Waals surface area contributed by atoms with Gasteiger partial charge < -0.3 is 14.7 Å². The van der Waals surface area contributed by atoms with Gasteiger partial charge in [0.05, 0.1) is 6.04 Å². The highest BCUT2D eigenvalue weighted by Gasteiger charge is 2.24. The Morgan fingerprint density at radius 2 is 1.61 bits per heavy atom. The van der Waals surface area contributed by atoms with E-state index in [2.05, 4.69) is 27.7 Å². The van der Waals surface area contributed by atoms with Crippen molar-refractivity contribution in [3.8, 4) is 0 Å². The Hall–Kier alpha value is -1.03. The summed E-state index contributed by atoms with van der Waals surface area (Å²) in [5.74, 6) is 1.13. The predicted molar refractivity (Wildman–Crippen MR) is 96.4 cm³/mol. The van der Waals surface area contributed by atoms with Crippen LogP contribution in [-0.2, 0) is 4.74 Å². The Balaban J connectivity index is 5.01. The van der Waals surface area contributed by atoms with E-state index in [0.717, 1.165) is 12.8 Å². The highest BCUT2D eigenvalue weighted by Crippen LogP contribution is 2.18. The maximum absolute atomic E-state index is 12.3. The highest BCUT2D eigenvalue weighted by atomic mass is 16.6. The quantitative estimate of drug-likeness (QED) is 0.669. The molecule has 136 valence electrons. The maximum Gasteiger partial charge on any atom is 0.410 e. The molecule has 0 saturated carbocycles. The molecule has 0 aromatic heterocycles. The number of nitrogens with zero attached hydrogens (tertiary/aromatic N) is 1. The summed E-state index contributed by atoms with van der Waals surface area (Å²) < 4.78 is 5.46. The second kappa shape index (κ2) is 9.96. The number of amides is 1. The summed E-state index contributed by atoms with van der Waals surface area (Å²) in [7, 11) is 1.78. The third-order valence-corrected chi connectivity index (χ3v) is 3.51. The first kappa shape index (κ1) is 22.0. The average Bonchev–Trinajstić information content (AvgIpc) is 2.38. The van der Waals surface area contributed by atoms with Gasteiger partial charge in [0.15, 0.2) is 0 Å². The second-order valence-corrected chi connectivity index (χ2v) is 8.25. The molecule has 0 aliphatic heterocycles. The Labute approximate surface area is 142 Å². The summed E-state index contributed by atoms with van der Waals surface area (Å²) in [6.45, 7) is 14.3. The SMILES string of the molecule is CC(C)C[C@H](/C=C/[C@H](CC(C)C)N(C)C(=O)OC(C)(C)C)CO. The molecule has 0 radical (unpaired) electrons. The first-order chi connectivity index (χ1) is 10.5. The Morgan fingerprint density at radius 3 is 2.00 bits per heavy atom. The summed E-state index contributed by atoms with van der Waals surface area (Å²) in [5.41, 5.74) is -0.497. The van der Waals surface area contributed by atoms with E-state index >= 15 is 0 Å². The van der Waals surface area contributed by atoms with Gasteiger partial charge in [-0.05, 0) is 45.4 Å². The molecule has 0 heterocycles. The van der Waals surface area contributed by atoms with Crippen LogP contribution in [0.15, 0.2) is 12.2 Å². The lowest BCUT2D eigenvalue weighted by Gasteiger charge is -2.30. The van der Waals surface area contributed by atoms with Crippen LogP contribution in [0.25, 0.3) is 0 Å². The van der Waals surface area contributed by atoms with Crippen LogP contribution in [0.3, 0.4) is 0 Å². The monoisotopic (exact) mass is 327 g/mol. The molecule has 1 amide bonds. The molecule has 0 spiro atoms. The third-order valence-electron chi connectivity index (χ3n) is 3.51. The van der Waals surface area contributed by atoms with E-state index < -0.39 is 5.60 Å². The van der Waals surface area contributed by atoms with Crippen LogP contribution in [0.1, 0.15) is 61.3 Å². The second-order valence-electron chi connectivity index (χ2n) is 8.25. The molecule has 4 nitrogen and oxygen atoms in total. The van der Waals surface area contributed by atoms with Gasteiger partial charge in [0.2, 0.25) is 0 Å². The predicted octanol–water partition coefficient (Wildman–Crippen LogP) is 4.48. The first-order valence-corrected chi connectivity index (χ1v) is 8.71. The number of hydrogen-bond donors (Lipinski definition) is 1. The van der Waals surface area contributed by atoms with Crippen molar-refractivity contribution in [1.82, 2.24) is 4.90 Å². The van der Waals surface area contributed by atoms with E-state index in [-0.39, 0.29) is 24.7 Å². The molecule has 4 heteroatoms.